The third-order valence-electron chi connectivity index (χ3n) is 5.23. The Morgan fingerprint density at radius 1 is 1.43 bits per heavy atom. The molecule has 2 bridgehead atoms. The van der Waals surface area contributed by atoms with Crippen LogP contribution < -0.4 is 15.8 Å². The van der Waals surface area contributed by atoms with Gasteiger partial charge in [-0.05, 0) is 48.8 Å². The summed E-state index contributed by atoms with van der Waals surface area (Å²) in [6, 6.07) is 7.23. The lowest BCUT2D eigenvalue weighted by Crippen LogP contribution is -2.46. The maximum Gasteiger partial charge on any atom is 0.225 e. The molecule has 1 aromatic carbocycles. The van der Waals surface area contributed by atoms with Crippen LogP contribution in [0, 0.1) is 17.8 Å². The molecule has 23 heavy (non-hydrogen) atoms. The van der Waals surface area contributed by atoms with Gasteiger partial charge in [0.1, 0.15) is 5.75 Å². The monoisotopic (exact) mass is 340 g/mol. The smallest absolute Gasteiger partial charge is 0.225 e. The van der Waals surface area contributed by atoms with Gasteiger partial charge >= 0.3 is 0 Å². The molecule has 0 aromatic heterocycles. The van der Waals surface area contributed by atoms with E-state index in [0.717, 1.165) is 24.8 Å². The minimum Gasteiger partial charge on any atom is -0.497 e. The van der Waals surface area contributed by atoms with E-state index in [1.165, 1.54) is 0 Å². The molecule has 2 saturated carbocycles. The number of nitrogens with one attached hydrogen (secondary N) is 1. The standard InChI is InChI=1S/C17H24N2O3.ClH/c1-22-13-4-2-3-10(8-13)14(20)9-19-17(21)15-11-5-6-12(7-11)16(15)18;/h2-4,8,11-12,14-16,20H,5-7,9,18H2,1H3,(H,19,21);1H. The summed E-state index contributed by atoms with van der Waals surface area (Å²) in [4.78, 5) is 12.4. The molecule has 128 valence electrons. The first-order valence-corrected chi connectivity index (χ1v) is 7.95. The highest BCUT2D eigenvalue weighted by Crippen LogP contribution is 2.47. The Labute approximate surface area is 143 Å². The molecule has 2 aliphatic carbocycles. The topological polar surface area (TPSA) is 84.6 Å². The Hall–Kier alpha value is -1.30. The van der Waals surface area contributed by atoms with E-state index in [9.17, 15) is 9.90 Å². The first-order valence-electron chi connectivity index (χ1n) is 7.95. The minimum absolute atomic E-state index is 0. The first kappa shape index (κ1) is 18.0. The lowest BCUT2D eigenvalue weighted by molar-refractivity contribution is -0.127. The molecule has 2 aliphatic rings. The normalized spacial score (nSPS) is 29.7. The lowest BCUT2D eigenvalue weighted by atomic mass is 9.84. The molecule has 0 saturated heterocycles. The van der Waals surface area contributed by atoms with Crippen LogP contribution in [0.4, 0.5) is 0 Å². The number of hydrogen-bond donors (Lipinski definition) is 3. The first-order chi connectivity index (χ1) is 10.6. The highest BCUT2D eigenvalue weighted by molar-refractivity contribution is 5.85. The van der Waals surface area contributed by atoms with E-state index in [1.54, 1.807) is 13.2 Å². The van der Waals surface area contributed by atoms with E-state index in [2.05, 4.69) is 5.32 Å². The number of carbonyl (C=O) groups is 1. The molecule has 1 aromatic rings. The van der Waals surface area contributed by atoms with E-state index in [0.29, 0.717) is 17.6 Å². The Morgan fingerprint density at radius 3 is 2.83 bits per heavy atom. The van der Waals surface area contributed by atoms with E-state index in [4.69, 9.17) is 10.5 Å². The Kier molecular flexibility index (Phi) is 5.89. The number of ether oxygens (including phenoxy) is 1. The van der Waals surface area contributed by atoms with Crippen LogP contribution in [0.1, 0.15) is 30.9 Å². The van der Waals surface area contributed by atoms with Crippen LogP contribution in [0.2, 0.25) is 0 Å². The number of methoxy groups -OCH3 is 1. The number of aliphatic hydroxyl groups is 1. The average molecular weight is 341 g/mol. The SMILES string of the molecule is COc1cccc(C(O)CNC(=O)C2C3CCC(C3)C2N)c1.Cl. The molecule has 4 N–H and O–H groups in total. The number of nitrogens with two attached hydrogens (primary N) is 1. The molecule has 5 atom stereocenters. The summed E-state index contributed by atoms with van der Waals surface area (Å²) >= 11 is 0. The Bertz CT molecular complexity index is 552. The predicted octanol–water partition coefficient (Wildman–Crippen LogP) is 1.64. The van der Waals surface area contributed by atoms with Crippen molar-refractivity contribution in [3.63, 3.8) is 0 Å². The third-order valence-corrected chi connectivity index (χ3v) is 5.23. The van der Waals surface area contributed by atoms with E-state index < -0.39 is 6.10 Å². The number of carbonyl (C=O) groups excluding carboxylic acids is 1. The van der Waals surface area contributed by atoms with Crippen molar-refractivity contribution in [3.05, 3.63) is 29.8 Å². The van der Waals surface area contributed by atoms with Crippen LogP contribution in [0.25, 0.3) is 0 Å². The molecule has 5 unspecified atom stereocenters. The van der Waals surface area contributed by atoms with Gasteiger partial charge in [-0.3, -0.25) is 4.79 Å². The Morgan fingerprint density at radius 2 is 2.17 bits per heavy atom. The maximum absolute atomic E-state index is 12.4. The number of benzene rings is 1. The number of hydrogen-bond acceptors (Lipinski definition) is 4. The highest BCUT2D eigenvalue weighted by atomic mass is 35.5. The van der Waals surface area contributed by atoms with Crippen molar-refractivity contribution in [2.24, 2.45) is 23.5 Å². The van der Waals surface area contributed by atoms with Gasteiger partial charge in [-0.15, -0.1) is 12.4 Å². The van der Waals surface area contributed by atoms with Gasteiger partial charge in [-0.2, -0.15) is 0 Å². The predicted molar refractivity (Wildman–Crippen MR) is 90.5 cm³/mol. The zero-order valence-electron chi connectivity index (χ0n) is 13.3. The van der Waals surface area contributed by atoms with Gasteiger partial charge in [-0.25, -0.2) is 0 Å². The van der Waals surface area contributed by atoms with Crippen molar-refractivity contribution in [1.82, 2.24) is 5.32 Å². The zero-order valence-corrected chi connectivity index (χ0v) is 14.1. The molecule has 5 nitrogen and oxygen atoms in total. The molecule has 0 aliphatic heterocycles. The fourth-order valence-corrected chi connectivity index (χ4v) is 4.01. The second-order valence-electron chi connectivity index (χ2n) is 6.47. The maximum atomic E-state index is 12.4. The summed E-state index contributed by atoms with van der Waals surface area (Å²) in [5.74, 6) is 1.52. The lowest BCUT2D eigenvalue weighted by Gasteiger charge is -2.27. The number of halogens is 1. The van der Waals surface area contributed by atoms with Crippen molar-refractivity contribution in [2.45, 2.75) is 31.4 Å². The summed E-state index contributed by atoms with van der Waals surface area (Å²) in [5.41, 5.74) is 6.91. The minimum atomic E-state index is -0.742. The average Bonchev–Trinajstić information content (AvgIpc) is 3.13. The molecule has 1 amide bonds. The summed E-state index contributed by atoms with van der Waals surface area (Å²) in [6.45, 7) is 0.201. The van der Waals surface area contributed by atoms with Crippen LogP contribution in [0.5, 0.6) is 5.75 Å². The fraction of sp³-hybridized carbons (Fsp3) is 0.588. The largest absolute Gasteiger partial charge is 0.497 e. The van der Waals surface area contributed by atoms with Crippen LogP contribution in [0.15, 0.2) is 24.3 Å². The molecule has 0 radical (unpaired) electrons. The Balaban J connectivity index is 0.00000192. The van der Waals surface area contributed by atoms with Gasteiger partial charge in [0.25, 0.3) is 0 Å². The van der Waals surface area contributed by atoms with Crippen LogP contribution >= 0.6 is 12.4 Å². The van der Waals surface area contributed by atoms with E-state index in [-0.39, 0.29) is 36.8 Å². The summed E-state index contributed by atoms with van der Waals surface area (Å²) < 4.78 is 5.14. The number of amides is 1. The molecular formula is C17H25ClN2O3. The molecule has 3 rings (SSSR count). The molecule has 0 spiro atoms. The quantitative estimate of drug-likeness (QED) is 0.760. The number of fused-ring (bicyclic) bond motifs is 2. The highest BCUT2D eigenvalue weighted by Gasteiger charge is 2.48. The molecular weight excluding hydrogens is 316 g/mol. The van der Waals surface area contributed by atoms with Gasteiger partial charge < -0.3 is 20.9 Å². The molecule has 6 heteroatoms. The van der Waals surface area contributed by atoms with Gasteiger partial charge in [0.05, 0.1) is 19.1 Å². The summed E-state index contributed by atoms with van der Waals surface area (Å²) in [6.07, 6.45) is 2.60. The van der Waals surface area contributed by atoms with Crippen molar-refractivity contribution < 1.29 is 14.6 Å². The zero-order chi connectivity index (χ0) is 15.7. The van der Waals surface area contributed by atoms with E-state index in [1.807, 2.05) is 18.2 Å². The van der Waals surface area contributed by atoms with Crippen LogP contribution in [-0.4, -0.2) is 30.7 Å². The molecule has 0 heterocycles. The van der Waals surface area contributed by atoms with Crippen molar-refractivity contribution in [3.8, 4) is 5.75 Å². The van der Waals surface area contributed by atoms with Crippen LogP contribution in [-0.2, 0) is 4.79 Å². The second kappa shape index (κ2) is 7.51. The van der Waals surface area contributed by atoms with Gasteiger partial charge in [-0.1, -0.05) is 12.1 Å². The van der Waals surface area contributed by atoms with Gasteiger partial charge in [0, 0.05) is 12.6 Å². The van der Waals surface area contributed by atoms with Gasteiger partial charge in [0.2, 0.25) is 5.91 Å². The summed E-state index contributed by atoms with van der Waals surface area (Å²) in [7, 11) is 1.59. The van der Waals surface area contributed by atoms with Gasteiger partial charge in [0.15, 0.2) is 0 Å². The third kappa shape index (κ3) is 3.62. The van der Waals surface area contributed by atoms with Crippen molar-refractivity contribution in [2.75, 3.05) is 13.7 Å². The van der Waals surface area contributed by atoms with Crippen molar-refractivity contribution >= 4 is 18.3 Å². The van der Waals surface area contributed by atoms with E-state index >= 15 is 0 Å². The number of aliphatic hydroxyl groups excluding tert-OH is 1. The second-order valence-corrected chi connectivity index (χ2v) is 6.47. The summed E-state index contributed by atoms with van der Waals surface area (Å²) in [5, 5.41) is 13.1. The van der Waals surface area contributed by atoms with Crippen LogP contribution in [0.3, 0.4) is 0 Å². The fourth-order valence-electron chi connectivity index (χ4n) is 4.01. The molecule has 2 fully saturated rings. The number of rotatable bonds is 5. The van der Waals surface area contributed by atoms with Crippen molar-refractivity contribution in [1.29, 1.82) is 0 Å².